The van der Waals surface area contributed by atoms with Gasteiger partial charge in [-0.1, -0.05) is 48.5 Å². The van der Waals surface area contributed by atoms with E-state index in [-0.39, 0.29) is 31.0 Å². The third-order valence-corrected chi connectivity index (χ3v) is 5.82. The van der Waals surface area contributed by atoms with Gasteiger partial charge in [0.15, 0.2) is 12.4 Å². The Kier molecular flexibility index (Phi) is 9.03. The van der Waals surface area contributed by atoms with E-state index in [1.54, 1.807) is 48.5 Å². The minimum Gasteiger partial charge on any atom is -0.457 e. The number of hydrogen-bond donors (Lipinski definition) is 2. The highest BCUT2D eigenvalue weighted by Gasteiger charge is 2.11. The highest BCUT2D eigenvalue weighted by molar-refractivity contribution is 5.97. The number of ketones is 1. The quantitative estimate of drug-likeness (QED) is 0.181. The lowest BCUT2D eigenvalue weighted by atomic mass is 10.1. The number of anilines is 2. The lowest BCUT2D eigenvalue weighted by Gasteiger charge is -2.10. The Balaban J connectivity index is 1.16. The molecule has 2 N–H and O–H groups in total. The Hall–Kier alpha value is -4.98. The van der Waals surface area contributed by atoms with Crippen molar-refractivity contribution in [3.8, 4) is 11.5 Å². The van der Waals surface area contributed by atoms with Crippen LogP contribution in [0.5, 0.6) is 11.5 Å². The van der Waals surface area contributed by atoms with Crippen LogP contribution in [0.3, 0.4) is 0 Å². The minimum absolute atomic E-state index is 0.00166. The number of amides is 2. The molecule has 0 fully saturated rings. The fourth-order valence-corrected chi connectivity index (χ4v) is 3.87. The Morgan fingerprint density at radius 3 is 2.23 bits per heavy atom. The predicted octanol–water partition coefficient (Wildman–Crippen LogP) is 6.13. The van der Waals surface area contributed by atoms with Crippen LogP contribution in [-0.4, -0.2) is 30.2 Å². The van der Waals surface area contributed by atoms with Crippen molar-refractivity contribution < 1.29 is 28.7 Å². The number of nitrogens with one attached hydrogen (secondary N) is 2. The molecule has 0 aliphatic heterocycles. The molecule has 2 amide bonds. The van der Waals surface area contributed by atoms with E-state index < -0.39 is 18.5 Å². The molecular formula is C31H28N2O6. The van der Waals surface area contributed by atoms with Gasteiger partial charge in [-0.3, -0.25) is 19.2 Å². The van der Waals surface area contributed by atoms with Gasteiger partial charge in [0, 0.05) is 35.2 Å². The van der Waals surface area contributed by atoms with Gasteiger partial charge in [0.25, 0.3) is 5.91 Å². The van der Waals surface area contributed by atoms with E-state index in [1.165, 1.54) is 6.92 Å². The van der Waals surface area contributed by atoms with Gasteiger partial charge in [-0.15, -0.1) is 0 Å². The maximum atomic E-state index is 12.3. The Morgan fingerprint density at radius 1 is 0.718 bits per heavy atom. The fourth-order valence-electron chi connectivity index (χ4n) is 3.87. The molecule has 4 aromatic rings. The van der Waals surface area contributed by atoms with Crippen molar-refractivity contribution in [1.29, 1.82) is 0 Å². The minimum atomic E-state index is -0.578. The van der Waals surface area contributed by atoms with Gasteiger partial charge < -0.3 is 20.1 Å². The summed E-state index contributed by atoms with van der Waals surface area (Å²) in [6.07, 6.45) is 0.390. The average Bonchev–Trinajstić information content (AvgIpc) is 2.93. The second-order valence-corrected chi connectivity index (χ2v) is 8.85. The summed E-state index contributed by atoms with van der Waals surface area (Å²) in [5.74, 6) is -0.0720. The number of hydrogen-bond acceptors (Lipinski definition) is 6. The zero-order valence-electron chi connectivity index (χ0n) is 21.4. The zero-order valence-corrected chi connectivity index (χ0v) is 21.4. The van der Waals surface area contributed by atoms with E-state index in [4.69, 9.17) is 9.47 Å². The molecule has 0 aromatic heterocycles. The summed E-state index contributed by atoms with van der Waals surface area (Å²) in [7, 11) is 0. The van der Waals surface area contributed by atoms with E-state index in [2.05, 4.69) is 10.6 Å². The number of esters is 1. The number of Topliss-reactive ketones (excluding diaryl/α,β-unsaturated/α-hetero) is 1. The first-order chi connectivity index (χ1) is 18.9. The summed E-state index contributed by atoms with van der Waals surface area (Å²) >= 11 is 0. The van der Waals surface area contributed by atoms with E-state index in [0.717, 1.165) is 16.5 Å². The van der Waals surface area contributed by atoms with Gasteiger partial charge in [-0.25, -0.2) is 0 Å². The highest BCUT2D eigenvalue weighted by Crippen LogP contribution is 2.30. The highest BCUT2D eigenvalue weighted by atomic mass is 16.5. The molecule has 0 saturated carbocycles. The van der Waals surface area contributed by atoms with Gasteiger partial charge in [0.1, 0.15) is 11.5 Å². The first kappa shape index (κ1) is 27.1. The topological polar surface area (TPSA) is 111 Å². The predicted molar refractivity (Wildman–Crippen MR) is 149 cm³/mol. The molecule has 0 spiro atoms. The van der Waals surface area contributed by atoms with Gasteiger partial charge in [-0.05, 0) is 61.2 Å². The zero-order chi connectivity index (χ0) is 27.6. The number of fused-ring (bicyclic) bond motifs is 1. The number of carbonyl (C=O) groups excluding carboxylic acids is 4. The van der Waals surface area contributed by atoms with Crippen molar-refractivity contribution in [2.45, 2.75) is 26.2 Å². The first-order valence-electron chi connectivity index (χ1n) is 12.5. The van der Waals surface area contributed by atoms with Crippen molar-refractivity contribution in [2.75, 3.05) is 17.2 Å². The number of carbonyl (C=O) groups is 4. The van der Waals surface area contributed by atoms with Crippen LogP contribution in [0.25, 0.3) is 10.8 Å². The lowest BCUT2D eigenvalue weighted by Crippen LogP contribution is -2.21. The molecule has 0 aliphatic rings. The summed E-state index contributed by atoms with van der Waals surface area (Å²) in [4.78, 5) is 47.7. The van der Waals surface area contributed by atoms with Crippen molar-refractivity contribution in [3.63, 3.8) is 0 Å². The van der Waals surface area contributed by atoms with Crippen LogP contribution < -0.4 is 15.4 Å². The van der Waals surface area contributed by atoms with Crippen molar-refractivity contribution in [2.24, 2.45) is 0 Å². The van der Waals surface area contributed by atoms with Crippen LogP contribution >= 0.6 is 0 Å². The first-order valence-corrected chi connectivity index (χ1v) is 12.5. The third kappa shape index (κ3) is 8.00. The second-order valence-electron chi connectivity index (χ2n) is 8.85. The van der Waals surface area contributed by atoms with Crippen LogP contribution in [0.2, 0.25) is 0 Å². The van der Waals surface area contributed by atoms with Crippen LogP contribution in [0, 0.1) is 0 Å². The molecule has 198 valence electrons. The molecule has 0 unspecified atom stereocenters. The maximum absolute atomic E-state index is 12.3. The second kappa shape index (κ2) is 13.0. The fraction of sp³-hybridized carbons (Fsp3) is 0.161. The lowest BCUT2D eigenvalue weighted by molar-refractivity contribution is -0.147. The molecule has 0 aliphatic carbocycles. The van der Waals surface area contributed by atoms with Crippen molar-refractivity contribution in [3.05, 3.63) is 96.6 Å². The van der Waals surface area contributed by atoms with Gasteiger partial charge in [0.05, 0.1) is 0 Å². The summed E-state index contributed by atoms with van der Waals surface area (Å²) in [6.45, 7) is 0.977. The van der Waals surface area contributed by atoms with Crippen LogP contribution in [0.15, 0.2) is 91.0 Å². The normalized spacial score (nSPS) is 10.5. The number of rotatable bonds is 11. The van der Waals surface area contributed by atoms with E-state index in [9.17, 15) is 19.2 Å². The van der Waals surface area contributed by atoms with E-state index in [1.807, 2.05) is 42.5 Å². The van der Waals surface area contributed by atoms with Crippen molar-refractivity contribution in [1.82, 2.24) is 0 Å². The van der Waals surface area contributed by atoms with Gasteiger partial charge in [-0.2, -0.15) is 0 Å². The summed E-state index contributed by atoms with van der Waals surface area (Å²) < 4.78 is 11.0. The molecule has 4 aromatic carbocycles. The molecule has 8 heteroatoms. The molecule has 8 nitrogen and oxygen atoms in total. The molecule has 0 saturated heterocycles. The SMILES string of the molecule is CC(=O)c1cccc(NC(=O)COC(=O)CCCC(=O)Nc2ccc(Oc3cccc4ccccc34)cc2)c1. The monoisotopic (exact) mass is 524 g/mol. The molecule has 0 atom stereocenters. The smallest absolute Gasteiger partial charge is 0.306 e. The summed E-state index contributed by atoms with van der Waals surface area (Å²) in [5, 5.41) is 7.47. The average molecular weight is 525 g/mol. The molecule has 4 rings (SSSR count). The van der Waals surface area contributed by atoms with Crippen LogP contribution in [0.4, 0.5) is 11.4 Å². The number of ether oxygens (including phenoxy) is 2. The largest absolute Gasteiger partial charge is 0.457 e. The Bertz CT molecular complexity index is 1490. The molecule has 0 radical (unpaired) electrons. The van der Waals surface area contributed by atoms with Crippen LogP contribution in [0.1, 0.15) is 36.5 Å². The van der Waals surface area contributed by atoms with E-state index in [0.29, 0.717) is 22.7 Å². The molecular weight excluding hydrogens is 496 g/mol. The van der Waals surface area contributed by atoms with Crippen molar-refractivity contribution >= 4 is 45.7 Å². The molecule has 39 heavy (non-hydrogen) atoms. The van der Waals surface area contributed by atoms with Crippen LogP contribution in [-0.2, 0) is 19.1 Å². The Labute approximate surface area is 225 Å². The maximum Gasteiger partial charge on any atom is 0.306 e. The number of benzene rings is 4. The Morgan fingerprint density at radius 2 is 1.44 bits per heavy atom. The van der Waals surface area contributed by atoms with E-state index >= 15 is 0 Å². The van der Waals surface area contributed by atoms with Gasteiger partial charge >= 0.3 is 5.97 Å². The summed E-state index contributed by atoms with van der Waals surface area (Å²) in [5.41, 5.74) is 1.51. The third-order valence-electron chi connectivity index (χ3n) is 5.82. The molecule has 0 bridgehead atoms. The standard InChI is InChI=1S/C31H28N2O6/c1-21(34)23-9-4-10-25(19-23)33-30(36)20-38-31(37)14-6-13-29(35)32-24-15-17-26(18-16-24)39-28-12-5-8-22-7-2-3-11-27(22)28/h2-5,7-12,15-19H,6,13-14,20H2,1H3,(H,32,35)(H,33,36). The molecule has 0 heterocycles. The van der Waals surface area contributed by atoms with Gasteiger partial charge in [0.2, 0.25) is 5.91 Å². The summed E-state index contributed by atoms with van der Waals surface area (Å²) in [6, 6.07) is 27.4.